The molecule has 0 amide bonds. The van der Waals surface area contributed by atoms with Crippen LogP contribution in [-0.4, -0.2) is 43.4 Å². The van der Waals surface area contributed by atoms with Crippen molar-refractivity contribution in [3.63, 3.8) is 0 Å². The summed E-state index contributed by atoms with van der Waals surface area (Å²) in [7, 11) is -3.58. The molecule has 1 atom stereocenters. The number of anilines is 1. The maximum absolute atomic E-state index is 13.9. The topological polar surface area (TPSA) is 88.3 Å². The average molecular weight is 364 g/mol. The Morgan fingerprint density at radius 3 is 2.76 bits per heavy atom. The Labute approximate surface area is 146 Å². The van der Waals surface area contributed by atoms with Crippen LogP contribution >= 0.6 is 0 Å². The standard InChI is InChI=1S/C17H21FN4O2S/c18-16-11-21-12-17(19)15(16)7-6-13-10-20-8-9-22(13)25(23,24)14-4-2-1-3-5-14/h1-5,11-13,20H,6-10,19H2. The Morgan fingerprint density at radius 1 is 1.28 bits per heavy atom. The van der Waals surface area contributed by atoms with Crippen LogP contribution in [0, 0.1) is 5.82 Å². The van der Waals surface area contributed by atoms with Gasteiger partial charge in [-0.25, -0.2) is 12.8 Å². The molecule has 0 aliphatic carbocycles. The predicted molar refractivity (Wildman–Crippen MR) is 93.9 cm³/mol. The summed E-state index contributed by atoms with van der Waals surface area (Å²) in [5, 5.41) is 3.21. The zero-order chi connectivity index (χ0) is 17.9. The molecule has 1 aromatic carbocycles. The number of hydrogen-bond donors (Lipinski definition) is 2. The number of piperazine rings is 1. The van der Waals surface area contributed by atoms with Gasteiger partial charge in [-0.05, 0) is 25.0 Å². The molecule has 2 heterocycles. The third-order valence-electron chi connectivity index (χ3n) is 4.41. The van der Waals surface area contributed by atoms with Gasteiger partial charge in [0.25, 0.3) is 0 Å². The van der Waals surface area contributed by atoms with Gasteiger partial charge in [-0.15, -0.1) is 0 Å². The molecule has 6 nitrogen and oxygen atoms in total. The lowest BCUT2D eigenvalue weighted by Gasteiger charge is -2.35. The summed E-state index contributed by atoms with van der Waals surface area (Å²) < 4.78 is 41.3. The molecule has 0 saturated carbocycles. The van der Waals surface area contributed by atoms with Crippen molar-refractivity contribution >= 4 is 15.7 Å². The molecule has 1 aromatic heterocycles. The first-order valence-electron chi connectivity index (χ1n) is 8.15. The Bertz CT molecular complexity index is 810. The van der Waals surface area contributed by atoms with Crippen LogP contribution in [0.25, 0.3) is 0 Å². The first kappa shape index (κ1) is 17.8. The van der Waals surface area contributed by atoms with Gasteiger partial charge in [-0.1, -0.05) is 18.2 Å². The highest BCUT2D eigenvalue weighted by Gasteiger charge is 2.33. The zero-order valence-electron chi connectivity index (χ0n) is 13.7. The van der Waals surface area contributed by atoms with Gasteiger partial charge in [0.15, 0.2) is 0 Å². The fourth-order valence-electron chi connectivity index (χ4n) is 3.08. The number of sulfonamides is 1. The molecule has 3 N–H and O–H groups in total. The van der Waals surface area contributed by atoms with Crippen molar-refractivity contribution < 1.29 is 12.8 Å². The van der Waals surface area contributed by atoms with Crippen molar-refractivity contribution in [2.75, 3.05) is 25.4 Å². The van der Waals surface area contributed by atoms with Gasteiger partial charge in [-0.2, -0.15) is 4.31 Å². The molecular weight excluding hydrogens is 343 g/mol. The van der Waals surface area contributed by atoms with Crippen LogP contribution in [0.15, 0.2) is 47.6 Å². The van der Waals surface area contributed by atoms with E-state index < -0.39 is 15.8 Å². The number of pyridine rings is 1. The van der Waals surface area contributed by atoms with Crippen LogP contribution < -0.4 is 11.1 Å². The summed E-state index contributed by atoms with van der Waals surface area (Å²) >= 11 is 0. The largest absolute Gasteiger partial charge is 0.397 e. The predicted octanol–water partition coefficient (Wildman–Crippen LogP) is 1.40. The quantitative estimate of drug-likeness (QED) is 0.837. The van der Waals surface area contributed by atoms with E-state index >= 15 is 0 Å². The van der Waals surface area contributed by atoms with Crippen molar-refractivity contribution in [2.45, 2.75) is 23.8 Å². The van der Waals surface area contributed by atoms with Gasteiger partial charge >= 0.3 is 0 Å². The molecule has 0 radical (unpaired) electrons. The van der Waals surface area contributed by atoms with Crippen LogP contribution in [0.2, 0.25) is 0 Å². The number of rotatable bonds is 5. The number of aromatic nitrogens is 1. The fourth-order valence-corrected chi connectivity index (χ4v) is 4.76. The molecule has 1 fully saturated rings. The van der Waals surface area contributed by atoms with Crippen molar-refractivity contribution in [2.24, 2.45) is 0 Å². The van der Waals surface area contributed by atoms with Crippen LogP contribution in [0.4, 0.5) is 10.1 Å². The van der Waals surface area contributed by atoms with Crippen molar-refractivity contribution in [1.82, 2.24) is 14.6 Å². The first-order chi connectivity index (χ1) is 12.0. The van der Waals surface area contributed by atoms with Gasteiger partial charge in [0.05, 0.1) is 23.0 Å². The maximum Gasteiger partial charge on any atom is 0.243 e. The van der Waals surface area contributed by atoms with E-state index in [1.54, 1.807) is 30.3 Å². The number of nitrogen functional groups attached to an aromatic ring is 1. The van der Waals surface area contributed by atoms with Gasteiger partial charge in [0, 0.05) is 31.2 Å². The minimum absolute atomic E-state index is 0.258. The van der Waals surface area contributed by atoms with E-state index in [1.807, 2.05) is 0 Å². The smallest absolute Gasteiger partial charge is 0.243 e. The van der Waals surface area contributed by atoms with Gasteiger partial charge in [-0.3, -0.25) is 4.98 Å². The van der Waals surface area contributed by atoms with Crippen molar-refractivity contribution in [1.29, 1.82) is 0 Å². The average Bonchev–Trinajstić information content (AvgIpc) is 2.62. The Balaban J connectivity index is 1.80. The van der Waals surface area contributed by atoms with Crippen LogP contribution in [0.5, 0.6) is 0 Å². The monoisotopic (exact) mass is 364 g/mol. The molecule has 1 aliphatic heterocycles. The number of nitrogens with two attached hydrogens (primary N) is 1. The highest BCUT2D eigenvalue weighted by atomic mass is 32.2. The van der Waals surface area contributed by atoms with Gasteiger partial charge in [0.2, 0.25) is 10.0 Å². The van der Waals surface area contributed by atoms with E-state index in [0.717, 1.165) is 6.20 Å². The molecule has 8 heteroatoms. The lowest BCUT2D eigenvalue weighted by molar-refractivity contribution is 0.255. The molecule has 0 spiro atoms. The van der Waals surface area contributed by atoms with Crippen LogP contribution in [0.3, 0.4) is 0 Å². The van der Waals surface area contributed by atoms with Crippen LogP contribution in [0.1, 0.15) is 12.0 Å². The lowest BCUT2D eigenvalue weighted by atomic mass is 10.0. The Hall–Kier alpha value is -2.03. The SMILES string of the molecule is Nc1cncc(F)c1CCC1CNCCN1S(=O)(=O)c1ccccc1. The number of nitrogens with zero attached hydrogens (tertiary/aromatic N) is 2. The van der Waals surface area contributed by atoms with E-state index in [2.05, 4.69) is 10.3 Å². The van der Waals surface area contributed by atoms with E-state index in [-0.39, 0.29) is 10.9 Å². The third-order valence-corrected chi connectivity index (χ3v) is 6.38. The molecule has 134 valence electrons. The summed E-state index contributed by atoms with van der Waals surface area (Å²) in [5.41, 5.74) is 6.48. The summed E-state index contributed by atoms with van der Waals surface area (Å²) in [6.45, 7) is 1.50. The number of hydrogen-bond acceptors (Lipinski definition) is 5. The highest BCUT2D eigenvalue weighted by molar-refractivity contribution is 7.89. The maximum atomic E-state index is 13.9. The number of benzene rings is 1. The molecule has 1 aliphatic rings. The Kier molecular flexibility index (Phi) is 5.31. The molecule has 2 aromatic rings. The fraction of sp³-hybridized carbons (Fsp3) is 0.353. The lowest BCUT2D eigenvalue weighted by Crippen LogP contribution is -2.53. The minimum atomic E-state index is -3.58. The summed E-state index contributed by atoms with van der Waals surface area (Å²) in [6.07, 6.45) is 3.37. The zero-order valence-corrected chi connectivity index (χ0v) is 14.5. The molecule has 1 unspecified atom stereocenters. The summed E-state index contributed by atoms with van der Waals surface area (Å²) in [6, 6.07) is 8.12. The number of nitrogens with one attached hydrogen (secondary N) is 1. The van der Waals surface area contributed by atoms with Crippen LogP contribution in [-0.2, 0) is 16.4 Å². The van der Waals surface area contributed by atoms with E-state index in [9.17, 15) is 12.8 Å². The number of halogens is 1. The summed E-state index contributed by atoms with van der Waals surface area (Å²) in [5.74, 6) is -0.457. The van der Waals surface area contributed by atoms with E-state index in [1.165, 1.54) is 10.5 Å². The van der Waals surface area contributed by atoms with E-state index in [4.69, 9.17) is 5.73 Å². The second-order valence-electron chi connectivity index (χ2n) is 6.01. The molecule has 1 saturated heterocycles. The van der Waals surface area contributed by atoms with E-state index in [0.29, 0.717) is 43.7 Å². The molecular formula is C17H21FN4O2S. The first-order valence-corrected chi connectivity index (χ1v) is 9.59. The van der Waals surface area contributed by atoms with Gasteiger partial charge in [0.1, 0.15) is 5.82 Å². The second kappa shape index (κ2) is 7.47. The normalized spacial score (nSPS) is 19.0. The van der Waals surface area contributed by atoms with Gasteiger partial charge < -0.3 is 11.1 Å². The Morgan fingerprint density at radius 2 is 2.04 bits per heavy atom. The summed E-state index contributed by atoms with van der Waals surface area (Å²) in [4.78, 5) is 3.99. The minimum Gasteiger partial charge on any atom is -0.397 e. The third kappa shape index (κ3) is 3.81. The second-order valence-corrected chi connectivity index (χ2v) is 7.91. The van der Waals surface area contributed by atoms with Crippen molar-refractivity contribution in [3.05, 3.63) is 54.1 Å². The highest BCUT2D eigenvalue weighted by Crippen LogP contribution is 2.23. The van der Waals surface area contributed by atoms with Crippen molar-refractivity contribution in [3.8, 4) is 0 Å². The molecule has 3 rings (SSSR count). The molecule has 0 bridgehead atoms. The molecule has 25 heavy (non-hydrogen) atoms.